The number of aryl methyl sites for hydroxylation is 1. The van der Waals surface area contributed by atoms with E-state index >= 15 is 0 Å². The van der Waals surface area contributed by atoms with E-state index in [0.29, 0.717) is 23.6 Å². The number of hydrogen-bond donors (Lipinski definition) is 0. The van der Waals surface area contributed by atoms with Crippen molar-refractivity contribution in [3.63, 3.8) is 0 Å². The van der Waals surface area contributed by atoms with Crippen molar-refractivity contribution in [2.75, 3.05) is 6.61 Å². The molecule has 3 aromatic rings. The molecule has 150 valence electrons. The lowest BCUT2D eigenvalue weighted by Gasteiger charge is -2.09. The number of rotatable bonds is 5. The first-order valence-electron chi connectivity index (χ1n) is 9.20. The highest BCUT2D eigenvalue weighted by Gasteiger charge is 2.11. The first kappa shape index (κ1) is 22.2. The molecule has 6 heteroatoms. The van der Waals surface area contributed by atoms with Crippen LogP contribution in [0.25, 0.3) is 22.7 Å². The number of ether oxygens (including phenoxy) is 1. The quantitative estimate of drug-likeness (QED) is 0.418. The lowest BCUT2D eigenvalue weighted by Crippen LogP contribution is -2.06. The fourth-order valence-corrected chi connectivity index (χ4v) is 3.23. The molecule has 0 unspecified atom stereocenters. The van der Waals surface area contributed by atoms with Gasteiger partial charge < -0.3 is 9.30 Å². The number of fused-ring (bicyclic) bond motifs is 1. The normalized spacial score (nSPS) is 10.8. The molecule has 0 amide bonds. The molecular formula is C23H22ClNO4. The number of esters is 1. The van der Waals surface area contributed by atoms with Gasteiger partial charge in [-0.15, -0.1) is 0 Å². The third-order valence-corrected chi connectivity index (χ3v) is 4.61. The largest absolute Gasteiger partial charge is 0.463 e. The van der Waals surface area contributed by atoms with Crippen molar-refractivity contribution in [2.45, 2.75) is 27.2 Å². The van der Waals surface area contributed by atoms with E-state index in [9.17, 15) is 4.79 Å². The number of carbonyl (C=O) groups is 1. The Morgan fingerprint density at radius 2 is 1.76 bits per heavy atom. The molecule has 5 nitrogen and oxygen atoms in total. The molecule has 0 N–H and O–H groups in total. The van der Waals surface area contributed by atoms with Crippen molar-refractivity contribution in [1.29, 1.82) is 0 Å². The third kappa shape index (κ3) is 5.44. The lowest BCUT2D eigenvalue weighted by molar-refractivity contribution is -0.191. The van der Waals surface area contributed by atoms with Gasteiger partial charge in [-0.25, -0.2) is 4.79 Å². The molecule has 0 atom stereocenters. The SMILES string of the molecule is CCOC(=O)/C(=C\c1ccc2cc(C)n(-c3ccc(Cl)cc3)c2c1)CC.O=C=O. The minimum Gasteiger partial charge on any atom is -0.463 e. The number of hydrogen-bond acceptors (Lipinski definition) is 4. The van der Waals surface area contributed by atoms with E-state index in [1.807, 2.05) is 50.3 Å². The van der Waals surface area contributed by atoms with E-state index in [1.54, 1.807) is 0 Å². The molecule has 0 radical (unpaired) electrons. The second-order valence-corrected chi connectivity index (χ2v) is 6.68. The van der Waals surface area contributed by atoms with E-state index in [4.69, 9.17) is 25.9 Å². The number of benzene rings is 2. The van der Waals surface area contributed by atoms with E-state index < -0.39 is 0 Å². The van der Waals surface area contributed by atoms with Gasteiger partial charge in [0.25, 0.3) is 0 Å². The Kier molecular flexibility index (Phi) is 7.96. The summed E-state index contributed by atoms with van der Waals surface area (Å²) in [5, 5.41) is 1.87. The summed E-state index contributed by atoms with van der Waals surface area (Å²) in [6, 6.07) is 16.2. The van der Waals surface area contributed by atoms with Crippen LogP contribution in [0.4, 0.5) is 0 Å². The molecular weight excluding hydrogens is 390 g/mol. The van der Waals surface area contributed by atoms with Gasteiger partial charge in [0.15, 0.2) is 0 Å². The Hall–Kier alpha value is -3.14. The van der Waals surface area contributed by atoms with Crippen LogP contribution < -0.4 is 0 Å². The lowest BCUT2D eigenvalue weighted by atomic mass is 10.1. The van der Waals surface area contributed by atoms with Crippen LogP contribution >= 0.6 is 11.6 Å². The average Bonchev–Trinajstić information content (AvgIpc) is 3.02. The van der Waals surface area contributed by atoms with Crippen molar-refractivity contribution in [3.05, 3.63) is 70.4 Å². The molecule has 1 aromatic heterocycles. The Labute approximate surface area is 174 Å². The van der Waals surface area contributed by atoms with Gasteiger partial charge in [-0.05, 0) is 68.3 Å². The van der Waals surface area contributed by atoms with Crippen molar-refractivity contribution >= 4 is 40.7 Å². The maximum absolute atomic E-state index is 12.1. The maximum atomic E-state index is 12.1. The predicted molar refractivity (Wildman–Crippen MR) is 113 cm³/mol. The smallest absolute Gasteiger partial charge is 0.373 e. The van der Waals surface area contributed by atoms with Crippen molar-refractivity contribution in [1.82, 2.24) is 4.57 Å². The van der Waals surface area contributed by atoms with Crippen LogP contribution in [-0.4, -0.2) is 23.3 Å². The summed E-state index contributed by atoms with van der Waals surface area (Å²) in [7, 11) is 0. The monoisotopic (exact) mass is 411 g/mol. The van der Waals surface area contributed by atoms with E-state index in [2.05, 4.69) is 29.7 Å². The van der Waals surface area contributed by atoms with Crippen LogP contribution in [0.1, 0.15) is 31.5 Å². The summed E-state index contributed by atoms with van der Waals surface area (Å²) < 4.78 is 7.33. The van der Waals surface area contributed by atoms with Crippen LogP contribution in [0.2, 0.25) is 5.02 Å². The molecule has 2 aromatic carbocycles. The molecule has 1 heterocycles. The summed E-state index contributed by atoms with van der Waals surface area (Å²) in [5.74, 6) is -0.251. The van der Waals surface area contributed by atoms with Gasteiger partial charge in [-0.3, -0.25) is 0 Å². The van der Waals surface area contributed by atoms with Crippen LogP contribution in [0.15, 0.2) is 54.1 Å². The second-order valence-electron chi connectivity index (χ2n) is 6.24. The second kappa shape index (κ2) is 10.4. The molecule has 0 spiro atoms. The first-order valence-corrected chi connectivity index (χ1v) is 9.57. The Morgan fingerprint density at radius 1 is 1.10 bits per heavy atom. The van der Waals surface area contributed by atoms with Crippen molar-refractivity contribution in [3.8, 4) is 5.69 Å². The molecule has 0 saturated heterocycles. The molecule has 0 aliphatic rings. The van der Waals surface area contributed by atoms with Crippen LogP contribution in [-0.2, 0) is 19.1 Å². The van der Waals surface area contributed by atoms with Crippen molar-refractivity contribution in [2.24, 2.45) is 0 Å². The summed E-state index contributed by atoms with van der Waals surface area (Å²) >= 11 is 6.02. The minimum absolute atomic E-state index is 0.250. The Bertz CT molecular complexity index is 1060. The zero-order valence-corrected chi connectivity index (χ0v) is 17.3. The van der Waals surface area contributed by atoms with Crippen LogP contribution in [0.5, 0.6) is 0 Å². The van der Waals surface area contributed by atoms with E-state index in [-0.39, 0.29) is 12.1 Å². The molecule has 0 saturated carbocycles. The standard InChI is InChI=1S/C22H22ClNO2.CO2/c1-4-17(22(25)26-5-2)13-16-6-7-18-12-15(3)24(21(18)14-16)20-10-8-19(23)9-11-20;2-1-3/h6-14H,4-5H2,1-3H3;/b17-13-;. The van der Waals surface area contributed by atoms with Gasteiger partial charge in [0.05, 0.1) is 12.1 Å². The predicted octanol–water partition coefficient (Wildman–Crippen LogP) is 5.37. The summed E-state index contributed by atoms with van der Waals surface area (Å²) in [6.45, 7) is 6.24. The maximum Gasteiger partial charge on any atom is 0.373 e. The third-order valence-electron chi connectivity index (χ3n) is 4.36. The topological polar surface area (TPSA) is 65.4 Å². The van der Waals surface area contributed by atoms with Gasteiger partial charge >= 0.3 is 12.1 Å². The molecule has 0 aliphatic carbocycles. The summed E-state index contributed by atoms with van der Waals surface area (Å²) in [5.41, 5.74) is 4.95. The Balaban J connectivity index is 0.000000941. The molecule has 0 bridgehead atoms. The van der Waals surface area contributed by atoms with Crippen LogP contribution in [0, 0.1) is 6.92 Å². The Morgan fingerprint density at radius 3 is 2.34 bits per heavy atom. The van der Waals surface area contributed by atoms with Gasteiger partial charge in [0, 0.05) is 27.4 Å². The highest BCUT2D eigenvalue weighted by molar-refractivity contribution is 6.30. The summed E-state index contributed by atoms with van der Waals surface area (Å²) in [6.07, 6.45) is 2.79. The highest BCUT2D eigenvalue weighted by Crippen LogP contribution is 2.27. The number of aromatic nitrogens is 1. The van der Waals surface area contributed by atoms with Crippen LogP contribution in [0.3, 0.4) is 0 Å². The number of carbonyl (C=O) groups excluding carboxylic acids is 3. The molecule has 3 rings (SSSR count). The number of nitrogens with zero attached hydrogens (tertiary/aromatic N) is 1. The van der Waals surface area contributed by atoms with Gasteiger partial charge in [0.2, 0.25) is 0 Å². The van der Waals surface area contributed by atoms with Gasteiger partial charge in [0.1, 0.15) is 0 Å². The zero-order valence-electron chi connectivity index (χ0n) is 16.6. The fourth-order valence-electron chi connectivity index (χ4n) is 3.11. The van der Waals surface area contributed by atoms with E-state index in [1.165, 1.54) is 0 Å². The fraction of sp³-hybridized carbons (Fsp3) is 0.217. The first-order chi connectivity index (χ1) is 13.9. The highest BCUT2D eigenvalue weighted by atomic mass is 35.5. The summed E-state index contributed by atoms with van der Waals surface area (Å²) in [4.78, 5) is 28.3. The molecule has 29 heavy (non-hydrogen) atoms. The zero-order chi connectivity index (χ0) is 21.4. The van der Waals surface area contributed by atoms with Gasteiger partial charge in [-0.1, -0.05) is 30.7 Å². The van der Waals surface area contributed by atoms with Crippen molar-refractivity contribution < 1.29 is 19.1 Å². The molecule has 0 fully saturated rings. The van der Waals surface area contributed by atoms with Gasteiger partial charge in [-0.2, -0.15) is 9.59 Å². The van der Waals surface area contributed by atoms with E-state index in [0.717, 1.165) is 27.8 Å². The minimum atomic E-state index is -0.251. The average molecular weight is 412 g/mol. The number of halogens is 1. The molecule has 0 aliphatic heterocycles.